The van der Waals surface area contributed by atoms with Gasteiger partial charge in [0, 0.05) is 35.9 Å². The molecular formula is C13H20BrN3O. The van der Waals surface area contributed by atoms with Crippen molar-refractivity contribution in [2.24, 2.45) is 0 Å². The van der Waals surface area contributed by atoms with Crippen molar-refractivity contribution in [3.8, 4) is 0 Å². The lowest BCUT2D eigenvalue weighted by molar-refractivity contribution is 0.122. The van der Waals surface area contributed by atoms with Gasteiger partial charge in [-0.1, -0.05) is 6.92 Å². The highest BCUT2D eigenvalue weighted by molar-refractivity contribution is 9.10. The van der Waals surface area contributed by atoms with Crippen molar-refractivity contribution < 1.29 is 4.74 Å². The Kier molecular flexibility index (Phi) is 5.41. The third-order valence-electron chi connectivity index (χ3n) is 2.96. The molecule has 4 nitrogen and oxygen atoms in total. The predicted octanol–water partition coefficient (Wildman–Crippen LogP) is 2.18. The van der Waals surface area contributed by atoms with Crippen molar-refractivity contribution in [3.05, 3.63) is 22.3 Å². The molecule has 0 saturated carbocycles. The summed E-state index contributed by atoms with van der Waals surface area (Å²) in [7, 11) is 0. The first kappa shape index (κ1) is 13.8. The lowest BCUT2D eigenvalue weighted by Gasteiger charge is -2.29. The molecule has 0 amide bonds. The summed E-state index contributed by atoms with van der Waals surface area (Å²) in [6, 6.07) is 2.15. The summed E-state index contributed by atoms with van der Waals surface area (Å²) in [6.45, 7) is 7.51. The first-order valence-corrected chi connectivity index (χ1v) is 7.28. The maximum absolute atomic E-state index is 5.39. The number of halogens is 1. The van der Waals surface area contributed by atoms with E-state index < -0.39 is 0 Å². The second-order valence-corrected chi connectivity index (χ2v) is 5.33. The van der Waals surface area contributed by atoms with Crippen LogP contribution in [0.15, 0.2) is 16.7 Å². The molecule has 1 fully saturated rings. The number of nitrogens with zero attached hydrogens (tertiary/aromatic N) is 2. The Balaban J connectivity index is 2.11. The lowest BCUT2D eigenvalue weighted by Crippen LogP contribution is -2.37. The van der Waals surface area contributed by atoms with E-state index in [1.807, 2.05) is 6.20 Å². The second kappa shape index (κ2) is 7.07. The van der Waals surface area contributed by atoms with Crippen molar-refractivity contribution >= 4 is 21.7 Å². The summed E-state index contributed by atoms with van der Waals surface area (Å²) in [4.78, 5) is 6.87. The van der Waals surface area contributed by atoms with Gasteiger partial charge in [-0.2, -0.15) is 0 Å². The second-order valence-electron chi connectivity index (χ2n) is 4.41. The Morgan fingerprint density at radius 3 is 2.94 bits per heavy atom. The molecule has 5 heteroatoms. The topological polar surface area (TPSA) is 37.4 Å². The number of aromatic nitrogens is 1. The van der Waals surface area contributed by atoms with E-state index in [-0.39, 0.29) is 0 Å². The zero-order valence-electron chi connectivity index (χ0n) is 10.8. The smallest absolute Gasteiger partial charge is 0.133 e. The number of rotatable bonds is 5. The molecular weight excluding hydrogens is 294 g/mol. The van der Waals surface area contributed by atoms with E-state index in [4.69, 9.17) is 4.74 Å². The molecule has 1 aromatic rings. The quantitative estimate of drug-likeness (QED) is 0.846. The van der Waals surface area contributed by atoms with Crippen LogP contribution in [0.5, 0.6) is 0 Å². The van der Waals surface area contributed by atoms with Crippen molar-refractivity contribution in [3.63, 3.8) is 0 Å². The maximum atomic E-state index is 5.39. The normalized spacial score (nSPS) is 16.0. The molecule has 18 heavy (non-hydrogen) atoms. The highest BCUT2D eigenvalue weighted by atomic mass is 79.9. The van der Waals surface area contributed by atoms with Gasteiger partial charge in [0.1, 0.15) is 5.82 Å². The number of nitrogens with one attached hydrogen (secondary N) is 1. The summed E-state index contributed by atoms with van der Waals surface area (Å²) >= 11 is 3.50. The van der Waals surface area contributed by atoms with Crippen LogP contribution in [0.2, 0.25) is 0 Å². The molecule has 1 saturated heterocycles. The van der Waals surface area contributed by atoms with Crippen LogP contribution >= 0.6 is 15.9 Å². The molecule has 0 unspecified atom stereocenters. The Bertz CT molecular complexity index is 380. The number of ether oxygens (including phenoxy) is 1. The van der Waals surface area contributed by atoms with Gasteiger partial charge < -0.3 is 15.0 Å². The van der Waals surface area contributed by atoms with Gasteiger partial charge in [-0.05, 0) is 35.0 Å². The predicted molar refractivity (Wildman–Crippen MR) is 77.0 cm³/mol. The van der Waals surface area contributed by atoms with Crippen LogP contribution in [0.4, 0.5) is 5.82 Å². The molecule has 0 spiro atoms. The monoisotopic (exact) mass is 313 g/mol. The third-order valence-corrected chi connectivity index (χ3v) is 3.40. The third kappa shape index (κ3) is 3.67. The van der Waals surface area contributed by atoms with E-state index in [1.165, 1.54) is 5.56 Å². The van der Waals surface area contributed by atoms with Crippen LogP contribution < -0.4 is 10.2 Å². The number of anilines is 1. The standard InChI is InChI=1S/C13H20BrN3O/c1-2-3-15-9-11-8-12(14)10-16-13(11)17-4-6-18-7-5-17/h8,10,15H,2-7,9H2,1H3. The Hall–Kier alpha value is -0.650. The number of morpholine rings is 1. The zero-order valence-corrected chi connectivity index (χ0v) is 12.4. The minimum atomic E-state index is 0.791. The van der Waals surface area contributed by atoms with Crippen molar-refractivity contribution in [2.45, 2.75) is 19.9 Å². The van der Waals surface area contributed by atoms with Crippen LogP contribution in [0.25, 0.3) is 0 Å². The molecule has 100 valence electrons. The Morgan fingerprint density at radius 1 is 1.44 bits per heavy atom. The first-order valence-electron chi connectivity index (χ1n) is 6.49. The fourth-order valence-corrected chi connectivity index (χ4v) is 2.44. The minimum Gasteiger partial charge on any atom is -0.378 e. The van der Waals surface area contributed by atoms with Crippen molar-refractivity contribution in [2.75, 3.05) is 37.7 Å². The van der Waals surface area contributed by atoms with Crippen molar-refractivity contribution in [1.29, 1.82) is 0 Å². The SMILES string of the molecule is CCCNCc1cc(Br)cnc1N1CCOCC1. The first-order chi connectivity index (χ1) is 8.81. The summed E-state index contributed by atoms with van der Waals surface area (Å²) in [5.41, 5.74) is 1.25. The molecule has 1 aromatic heterocycles. The molecule has 0 aromatic carbocycles. The molecule has 0 aliphatic carbocycles. The molecule has 0 bridgehead atoms. The molecule has 1 aliphatic rings. The van der Waals surface area contributed by atoms with Gasteiger partial charge in [0.25, 0.3) is 0 Å². The van der Waals surface area contributed by atoms with E-state index in [2.05, 4.69) is 44.1 Å². The van der Waals surface area contributed by atoms with Gasteiger partial charge in [-0.15, -0.1) is 0 Å². The Labute approximate surface area is 117 Å². The van der Waals surface area contributed by atoms with E-state index in [1.54, 1.807) is 0 Å². The van der Waals surface area contributed by atoms with Gasteiger partial charge in [-0.25, -0.2) is 4.98 Å². The summed E-state index contributed by atoms with van der Waals surface area (Å²) in [5, 5.41) is 3.44. The highest BCUT2D eigenvalue weighted by Crippen LogP contribution is 2.22. The number of hydrogen-bond donors (Lipinski definition) is 1. The molecule has 0 atom stereocenters. The number of hydrogen-bond acceptors (Lipinski definition) is 4. The summed E-state index contributed by atoms with van der Waals surface area (Å²) in [6.07, 6.45) is 3.02. The van der Waals surface area contributed by atoms with Gasteiger partial charge in [0.2, 0.25) is 0 Å². The van der Waals surface area contributed by atoms with Crippen LogP contribution in [-0.4, -0.2) is 37.8 Å². The lowest BCUT2D eigenvalue weighted by atomic mass is 10.2. The van der Waals surface area contributed by atoms with Gasteiger partial charge in [0.15, 0.2) is 0 Å². The Morgan fingerprint density at radius 2 is 2.22 bits per heavy atom. The van der Waals surface area contributed by atoms with E-state index in [0.29, 0.717) is 0 Å². The molecule has 0 radical (unpaired) electrons. The fourth-order valence-electron chi connectivity index (χ4n) is 2.06. The largest absolute Gasteiger partial charge is 0.378 e. The van der Waals surface area contributed by atoms with E-state index >= 15 is 0 Å². The molecule has 2 heterocycles. The van der Waals surface area contributed by atoms with Crippen LogP contribution in [0.3, 0.4) is 0 Å². The van der Waals surface area contributed by atoms with E-state index in [0.717, 1.165) is 56.1 Å². The number of pyridine rings is 1. The molecule has 1 N–H and O–H groups in total. The van der Waals surface area contributed by atoms with Crippen molar-refractivity contribution in [1.82, 2.24) is 10.3 Å². The maximum Gasteiger partial charge on any atom is 0.133 e. The molecule has 1 aliphatic heterocycles. The zero-order chi connectivity index (χ0) is 12.8. The summed E-state index contributed by atoms with van der Waals surface area (Å²) < 4.78 is 6.42. The van der Waals surface area contributed by atoms with Crippen LogP contribution in [-0.2, 0) is 11.3 Å². The summed E-state index contributed by atoms with van der Waals surface area (Å²) in [5.74, 6) is 1.09. The van der Waals surface area contributed by atoms with Gasteiger partial charge in [0.05, 0.1) is 13.2 Å². The van der Waals surface area contributed by atoms with Gasteiger partial charge >= 0.3 is 0 Å². The van der Waals surface area contributed by atoms with Crippen LogP contribution in [0, 0.1) is 0 Å². The average Bonchev–Trinajstić information content (AvgIpc) is 2.40. The molecule has 2 rings (SSSR count). The minimum absolute atomic E-state index is 0.791. The van der Waals surface area contributed by atoms with E-state index in [9.17, 15) is 0 Å². The average molecular weight is 314 g/mol. The fraction of sp³-hybridized carbons (Fsp3) is 0.615. The van der Waals surface area contributed by atoms with Crippen LogP contribution in [0.1, 0.15) is 18.9 Å². The highest BCUT2D eigenvalue weighted by Gasteiger charge is 2.16. The van der Waals surface area contributed by atoms with Gasteiger partial charge in [-0.3, -0.25) is 0 Å².